The third-order valence-corrected chi connectivity index (χ3v) is 6.85. The molecule has 1 aliphatic heterocycles. The van der Waals surface area contributed by atoms with Crippen LogP contribution < -0.4 is 5.32 Å². The van der Waals surface area contributed by atoms with E-state index in [4.69, 9.17) is 0 Å². The molecule has 4 N–H and O–H groups in total. The average molecular weight is 372 g/mol. The summed E-state index contributed by atoms with van der Waals surface area (Å²) in [5.74, 6) is 0. The zero-order chi connectivity index (χ0) is 18.1. The van der Waals surface area contributed by atoms with Crippen molar-refractivity contribution < 1.29 is 9.11 Å². The van der Waals surface area contributed by atoms with E-state index in [9.17, 15) is 9.11 Å². The SMILES string of the molecule is Cc1ccc(S(O)(O)N2CCCC(Nc3ccc4[nH]ncc4c3)C2)cc1. The molecule has 4 rings (SSSR count). The van der Waals surface area contributed by atoms with Gasteiger partial charge in [-0.1, -0.05) is 17.7 Å². The fraction of sp³-hybridized carbons (Fsp3) is 0.316. The lowest BCUT2D eigenvalue weighted by atomic mass is 10.1. The minimum atomic E-state index is -2.95. The van der Waals surface area contributed by atoms with Gasteiger partial charge in [0.1, 0.15) is 0 Å². The molecule has 6 nitrogen and oxygen atoms in total. The molecule has 2 aromatic carbocycles. The number of aromatic amines is 1. The molecule has 1 aromatic heterocycles. The molecule has 26 heavy (non-hydrogen) atoms. The number of benzene rings is 2. The first-order chi connectivity index (χ1) is 12.5. The maximum Gasteiger partial charge on any atom is 0.0752 e. The molecular weight excluding hydrogens is 348 g/mol. The largest absolute Gasteiger partial charge is 0.381 e. The summed E-state index contributed by atoms with van der Waals surface area (Å²) in [5, 5.41) is 11.6. The standard InChI is InChI=1S/C19H24N4O2S/c1-14-4-7-18(8-5-14)26(24,25)23-10-2-3-17(13-23)21-16-6-9-19-15(11-16)12-20-22-19/h4-9,11-12,17,21,24-25H,2-3,10,13H2,1H3,(H,20,22). The van der Waals surface area contributed by atoms with Crippen LogP contribution in [0.15, 0.2) is 53.6 Å². The number of H-pyrrole nitrogens is 1. The van der Waals surface area contributed by atoms with E-state index >= 15 is 0 Å². The molecule has 0 radical (unpaired) electrons. The van der Waals surface area contributed by atoms with Crippen LogP contribution in [-0.4, -0.2) is 42.7 Å². The van der Waals surface area contributed by atoms with Crippen molar-refractivity contribution in [2.45, 2.75) is 30.7 Å². The number of piperidine rings is 1. The molecule has 0 bridgehead atoms. The predicted molar refractivity (Wildman–Crippen MR) is 107 cm³/mol. The van der Waals surface area contributed by atoms with Crippen LogP contribution in [-0.2, 0) is 0 Å². The fourth-order valence-corrected chi connectivity index (χ4v) is 5.00. The van der Waals surface area contributed by atoms with Crippen LogP contribution in [0.5, 0.6) is 0 Å². The van der Waals surface area contributed by atoms with Crippen LogP contribution in [0.25, 0.3) is 10.9 Å². The van der Waals surface area contributed by atoms with Crippen molar-refractivity contribution in [3.8, 4) is 0 Å². The summed E-state index contributed by atoms with van der Waals surface area (Å²) >= 11 is 0. The lowest BCUT2D eigenvalue weighted by molar-refractivity contribution is 0.290. The second-order valence-corrected chi connectivity index (χ2v) is 8.90. The van der Waals surface area contributed by atoms with E-state index in [0.717, 1.165) is 35.0 Å². The first kappa shape index (κ1) is 17.4. The molecule has 1 aliphatic rings. The highest BCUT2D eigenvalue weighted by Crippen LogP contribution is 2.52. The van der Waals surface area contributed by atoms with E-state index in [1.807, 2.05) is 53.8 Å². The Morgan fingerprint density at radius 2 is 2.00 bits per heavy atom. The van der Waals surface area contributed by atoms with E-state index in [1.165, 1.54) is 0 Å². The third-order valence-electron chi connectivity index (χ3n) is 4.89. The highest BCUT2D eigenvalue weighted by molar-refractivity contribution is 8.22. The summed E-state index contributed by atoms with van der Waals surface area (Å²) in [4.78, 5) is 0.587. The molecule has 0 amide bonds. The monoisotopic (exact) mass is 372 g/mol. The van der Waals surface area contributed by atoms with Gasteiger partial charge in [-0.2, -0.15) is 9.40 Å². The Bertz CT molecular complexity index is 894. The van der Waals surface area contributed by atoms with Gasteiger partial charge in [0.15, 0.2) is 0 Å². The van der Waals surface area contributed by atoms with Crippen LogP contribution >= 0.6 is 10.8 Å². The number of aryl methyl sites for hydroxylation is 1. The van der Waals surface area contributed by atoms with E-state index in [0.29, 0.717) is 18.0 Å². The first-order valence-corrected chi connectivity index (χ1v) is 10.3. The smallest absolute Gasteiger partial charge is 0.0752 e. The van der Waals surface area contributed by atoms with E-state index in [1.54, 1.807) is 0 Å². The highest BCUT2D eigenvalue weighted by Gasteiger charge is 2.30. The molecule has 1 saturated heterocycles. The lowest BCUT2D eigenvalue weighted by Crippen LogP contribution is -2.43. The van der Waals surface area contributed by atoms with E-state index in [2.05, 4.69) is 21.6 Å². The summed E-state index contributed by atoms with van der Waals surface area (Å²) in [7, 11) is -2.95. The molecule has 1 fully saturated rings. The molecule has 0 saturated carbocycles. The van der Waals surface area contributed by atoms with Gasteiger partial charge in [-0.05, 0) is 50.1 Å². The number of aromatic nitrogens is 2. The van der Waals surface area contributed by atoms with Crippen LogP contribution in [0.1, 0.15) is 18.4 Å². The Hall–Kier alpha value is -2.06. The van der Waals surface area contributed by atoms with Gasteiger partial charge in [0.05, 0.1) is 16.6 Å². The number of nitrogens with one attached hydrogen (secondary N) is 2. The minimum Gasteiger partial charge on any atom is -0.381 e. The maximum absolute atomic E-state index is 10.8. The summed E-state index contributed by atoms with van der Waals surface area (Å²) in [5.41, 5.74) is 3.14. The molecule has 0 spiro atoms. The quantitative estimate of drug-likeness (QED) is 0.543. The zero-order valence-corrected chi connectivity index (χ0v) is 15.5. The van der Waals surface area contributed by atoms with Gasteiger partial charge in [-0.15, -0.1) is 10.8 Å². The molecule has 7 heteroatoms. The summed E-state index contributed by atoms with van der Waals surface area (Å²) in [6.45, 7) is 3.28. The number of fused-ring (bicyclic) bond motifs is 1. The topological polar surface area (TPSA) is 84.4 Å². The Morgan fingerprint density at radius 3 is 2.81 bits per heavy atom. The van der Waals surface area contributed by atoms with Gasteiger partial charge in [-0.25, -0.2) is 0 Å². The predicted octanol–water partition coefficient (Wildman–Crippen LogP) is 4.47. The van der Waals surface area contributed by atoms with Crippen molar-refractivity contribution >= 4 is 27.4 Å². The van der Waals surface area contributed by atoms with Crippen molar-refractivity contribution in [1.82, 2.24) is 14.5 Å². The van der Waals surface area contributed by atoms with Gasteiger partial charge < -0.3 is 5.32 Å². The Morgan fingerprint density at radius 1 is 1.19 bits per heavy atom. The van der Waals surface area contributed by atoms with E-state index < -0.39 is 10.8 Å². The maximum atomic E-state index is 10.8. The van der Waals surface area contributed by atoms with Crippen LogP contribution in [0, 0.1) is 6.92 Å². The molecule has 2 heterocycles. The molecular formula is C19H24N4O2S. The summed E-state index contributed by atoms with van der Waals surface area (Å²) < 4.78 is 23.5. The number of hydrogen-bond acceptors (Lipinski definition) is 5. The molecule has 1 atom stereocenters. The fourth-order valence-electron chi connectivity index (χ4n) is 3.43. The Kier molecular flexibility index (Phi) is 4.62. The zero-order valence-electron chi connectivity index (χ0n) is 14.7. The van der Waals surface area contributed by atoms with Gasteiger partial charge in [0.2, 0.25) is 0 Å². The van der Waals surface area contributed by atoms with Gasteiger partial charge in [0.25, 0.3) is 0 Å². The van der Waals surface area contributed by atoms with Crippen molar-refractivity contribution in [1.29, 1.82) is 0 Å². The van der Waals surface area contributed by atoms with Crippen molar-refractivity contribution in [3.63, 3.8) is 0 Å². The number of nitrogens with zero attached hydrogens (tertiary/aromatic N) is 2. The molecule has 1 unspecified atom stereocenters. The normalized spacial score (nSPS) is 19.6. The van der Waals surface area contributed by atoms with E-state index in [-0.39, 0.29) is 6.04 Å². The van der Waals surface area contributed by atoms with Crippen molar-refractivity contribution in [3.05, 3.63) is 54.2 Å². The van der Waals surface area contributed by atoms with Crippen LogP contribution in [0.4, 0.5) is 5.69 Å². The van der Waals surface area contributed by atoms with Crippen molar-refractivity contribution in [2.75, 3.05) is 18.4 Å². The summed E-state index contributed by atoms with van der Waals surface area (Å²) in [6, 6.07) is 13.7. The molecule has 138 valence electrons. The number of rotatable bonds is 4. The lowest BCUT2D eigenvalue weighted by Gasteiger charge is -2.46. The van der Waals surface area contributed by atoms with Gasteiger partial charge in [-0.3, -0.25) is 14.2 Å². The molecule has 0 aliphatic carbocycles. The van der Waals surface area contributed by atoms with Gasteiger partial charge in [0, 0.05) is 30.2 Å². The first-order valence-electron chi connectivity index (χ1n) is 8.82. The van der Waals surface area contributed by atoms with Gasteiger partial charge >= 0.3 is 0 Å². The second-order valence-electron chi connectivity index (χ2n) is 6.88. The average Bonchev–Trinajstić information content (AvgIpc) is 3.10. The minimum absolute atomic E-state index is 0.171. The molecule has 3 aromatic rings. The number of hydrogen-bond donors (Lipinski definition) is 4. The Balaban J connectivity index is 1.48. The summed E-state index contributed by atoms with van der Waals surface area (Å²) in [6.07, 6.45) is 3.73. The van der Waals surface area contributed by atoms with Crippen LogP contribution in [0.2, 0.25) is 0 Å². The number of anilines is 1. The third kappa shape index (κ3) is 3.43. The second kappa shape index (κ2) is 6.92. The van der Waals surface area contributed by atoms with Crippen LogP contribution in [0.3, 0.4) is 0 Å². The van der Waals surface area contributed by atoms with Crippen molar-refractivity contribution in [2.24, 2.45) is 0 Å². The Labute approximate surface area is 154 Å². The highest BCUT2D eigenvalue weighted by atomic mass is 32.3.